The fraction of sp³-hybridized carbons (Fsp3) is 0.571. The van der Waals surface area contributed by atoms with E-state index in [0.717, 1.165) is 5.56 Å². The Morgan fingerprint density at radius 3 is 2.22 bits per heavy atom. The molecule has 0 bridgehead atoms. The summed E-state index contributed by atoms with van der Waals surface area (Å²) in [6, 6.07) is 9.32. The Balaban J connectivity index is 2.49. The molecule has 0 saturated heterocycles. The fourth-order valence-electron chi connectivity index (χ4n) is 1.61. The smallest absolute Gasteiger partial charge is 0.155 e. The molecule has 3 nitrogen and oxygen atoms in total. The highest BCUT2D eigenvalue weighted by Crippen LogP contribution is 2.21. The molecule has 1 N–H and O–H groups in total. The molecule has 0 heterocycles. The molecule has 0 aliphatic rings. The highest BCUT2D eigenvalue weighted by molar-refractivity contribution is 7.92. The van der Waals surface area contributed by atoms with Crippen LogP contribution in [-0.4, -0.2) is 24.0 Å². The molecule has 0 fully saturated rings. The second-order valence-electron chi connectivity index (χ2n) is 5.50. The maximum atomic E-state index is 11.9. The maximum Gasteiger partial charge on any atom is 0.155 e. The molecule has 1 unspecified atom stereocenters. The summed E-state index contributed by atoms with van der Waals surface area (Å²) < 4.78 is 23.1. The third-order valence-corrected chi connectivity index (χ3v) is 5.70. The lowest BCUT2D eigenvalue weighted by molar-refractivity contribution is 0.166. The first-order chi connectivity index (χ1) is 8.24. The fourth-order valence-corrected chi connectivity index (χ4v) is 2.77. The van der Waals surface area contributed by atoms with Gasteiger partial charge >= 0.3 is 0 Å². The minimum Gasteiger partial charge on any atom is -0.388 e. The normalized spacial score (nSPS) is 14.4. The van der Waals surface area contributed by atoms with E-state index in [1.165, 1.54) is 0 Å². The quantitative estimate of drug-likeness (QED) is 0.895. The molecule has 18 heavy (non-hydrogen) atoms. The van der Waals surface area contributed by atoms with Crippen LogP contribution >= 0.6 is 0 Å². The molecule has 1 aromatic rings. The second kappa shape index (κ2) is 5.85. The van der Waals surface area contributed by atoms with Gasteiger partial charge in [0.1, 0.15) is 0 Å². The number of aliphatic hydroxyl groups excluding tert-OH is 1. The Labute approximate surface area is 110 Å². The van der Waals surface area contributed by atoms with Gasteiger partial charge in [-0.1, -0.05) is 30.3 Å². The monoisotopic (exact) mass is 270 g/mol. The lowest BCUT2D eigenvalue weighted by Gasteiger charge is -2.19. The number of aliphatic hydroxyl groups is 1. The number of benzene rings is 1. The van der Waals surface area contributed by atoms with Crippen LogP contribution in [-0.2, 0) is 9.84 Å². The van der Waals surface area contributed by atoms with Gasteiger partial charge in [-0.05, 0) is 39.2 Å². The molecule has 102 valence electrons. The zero-order valence-electron chi connectivity index (χ0n) is 11.3. The first kappa shape index (κ1) is 15.2. The zero-order chi connectivity index (χ0) is 13.8. The highest BCUT2D eigenvalue weighted by Gasteiger charge is 2.28. The molecule has 0 radical (unpaired) electrons. The number of sulfone groups is 1. The first-order valence-corrected chi connectivity index (χ1v) is 7.84. The first-order valence-electron chi connectivity index (χ1n) is 6.19. The summed E-state index contributed by atoms with van der Waals surface area (Å²) in [4.78, 5) is 0. The number of rotatable bonds is 5. The summed E-state index contributed by atoms with van der Waals surface area (Å²) in [5.74, 6) is 0.125. The van der Waals surface area contributed by atoms with E-state index in [9.17, 15) is 13.5 Å². The molecule has 0 aromatic heterocycles. The zero-order valence-corrected chi connectivity index (χ0v) is 12.1. The number of hydrogen-bond acceptors (Lipinski definition) is 3. The molecular formula is C14H22O3S. The molecule has 0 aliphatic heterocycles. The van der Waals surface area contributed by atoms with Gasteiger partial charge in [0, 0.05) is 0 Å². The van der Waals surface area contributed by atoms with E-state index in [0.29, 0.717) is 12.8 Å². The molecule has 0 amide bonds. The van der Waals surface area contributed by atoms with Crippen molar-refractivity contribution < 1.29 is 13.5 Å². The van der Waals surface area contributed by atoms with Crippen molar-refractivity contribution in [3.63, 3.8) is 0 Å². The van der Waals surface area contributed by atoms with E-state index >= 15 is 0 Å². The van der Waals surface area contributed by atoms with Crippen molar-refractivity contribution in [2.75, 3.05) is 5.75 Å². The predicted octanol–water partition coefficient (Wildman–Crippen LogP) is 2.71. The van der Waals surface area contributed by atoms with Crippen molar-refractivity contribution in [1.82, 2.24) is 0 Å². The van der Waals surface area contributed by atoms with Crippen LogP contribution < -0.4 is 0 Å². The molecular weight excluding hydrogens is 248 g/mol. The third-order valence-electron chi connectivity index (χ3n) is 3.01. The molecule has 1 rings (SSSR count). The van der Waals surface area contributed by atoms with Gasteiger partial charge in [0.2, 0.25) is 0 Å². The van der Waals surface area contributed by atoms with E-state index in [1.807, 2.05) is 30.3 Å². The van der Waals surface area contributed by atoms with E-state index in [-0.39, 0.29) is 5.75 Å². The van der Waals surface area contributed by atoms with Gasteiger partial charge in [0.15, 0.2) is 9.84 Å². The summed E-state index contributed by atoms with van der Waals surface area (Å²) in [6.07, 6.45) is 0.371. The Kier molecular flexibility index (Phi) is 4.93. The molecule has 1 aromatic carbocycles. The summed E-state index contributed by atoms with van der Waals surface area (Å²) in [5.41, 5.74) is 0.839. The van der Waals surface area contributed by atoms with Crippen LogP contribution in [0.25, 0.3) is 0 Å². The summed E-state index contributed by atoms with van der Waals surface area (Å²) in [7, 11) is -3.09. The van der Waals surface area contributed by atoms with Gasteiger partial charge < -0.3 is 5.11 Å². The summed E-state index contributed by atoms with van der Waals surface area (Å²) in [6.45, 7) is 5.11. The Morgan fingerprint density at radius 1 is 1.17 bits per heavy atom. The number of hydrogen-bond donors (Lipinski definition) is 1. The lowest BCUT2D eigenvalue weighted by atomic mass is 10.1. The van der Waals surface area contributed by atoms with Crippen molar-refractivity contribution in [2.24, 2.45) is 0 Å². The molecule has 0 aliphatic carbocycles. The van der Waals surface area contributed by atoms with Gasteiger partial charge in [-0.25, -0.2) is 8.42 Å². The van der Waals surface area contributed by atoms with Crippen LogP contribution in [0.1, 0.15) is 45.3 Å². The highest BCUT2D eigenvalue weighted by atomic mass is 32.2. The topological polar surface area (TPSA) is 54.4 Å². The largest absolute Gasteiger partial charge is 0.388 e. The summed E-state index contributed by atoms with van der Waals surface area (Å²) in [5, 5.41) is 9.93. The minimum absolute atomic E-state index is 0.125. The molecule has 1 atom stereocenters. The van der Waals surface area contributed by atoms with E-state index in [2.05, 4.69) is 0 Å². The average molecular weight is 270 g/mol. The van der Waals surface area contributed by atoms with Crippen molar-refractivity contribution in [2.45, 2.75) is 44.5 Å². The van der Waals surface area contributed by atoms with Crippen LogP contribution in [0.3, 0.4) is 0 Å². The molecule has 4 heteroatoms. The summed E-state index contributed by atoms with van der Waals surface area (Å²) >= 11 is 0. The van der Waals surface area contributed by atoms with Crippen LogP contribution in [0.15, 0.2) is 30.3 Å². The van der Waals surface area contributed by atoms with E-state index in [4.69, 9.17) is 0 Å². The van der Waals surface area contributed by atoms with Crippen molar-refractivity contribution >= 4 is 9.84 Å². The van der Waals surface area contributed by atoms with Crippen LogP contribution in [0.5, 0.6) is 0 Å². The average Bonchev–Trinajstić information content (AvgIpc) is 2.28. The van der Waals surface area contributed by atoms with Gasteiger partial charge in [-0.15, -0.1) is 0 Å². The predicted molar refractivity (Wildman–Crippen MR) is 74.2 cm³/mol. The van der Waals surface area contributed by atoms with E-state index < -0.39 is 20.7 Å². The van der Waals surface area contributed by atoms with Gasteiger partial charge in [-0.2, -0.15) is 0 Å². The molecule has 0 saturated carbocycles. The van der Waals surface area contributed by atoms with E-state index in [1.54, 1.807) is 20.8 Å². The Hall–Kier alpha value is -0.870. The standard InChI is InChI=1S/C14H22O3S/c1-14(2,3)18(16,17)11-7-10-13(15)12-8-5-4-6-9-12/h4-6,8-9,13,15H,7,10-11H2,1-3H3. The van der Waals surface area contributed by atoms with Crippen molar-refractivity contribution in [3.8, 4) is 0 Å². The van der Waals surface area contributed by atoms with Crippen molar-refractivity contribution in [3.05, 3.63) is 35.9 Å². The van der Waals surface area contributed by atoms with Crippen LogP contribution in [0, 0.1) is 0 Å². The SMILES string of the molecule is CC(C)(C)S(=O)(=O)CCCC(O)c1ccccc1. The van der Waals surface area contributed by atoms with Crippen molar-refractivity contribution in [1.29, 1.82) is 0 Å². The second-order valence-corrected chi connectivity index (χ2v) is 8.36. The van der Waals surface area contributed by atoms with Crippen LogP contribution in [0.4, 0.5) is 0 Å². The van der Waals surface area contributed by atoms with Crippen LogP contribution in [0.2, 0.25) is 0 Å². The minimum atomic E-state index is -3.09. The van der Waals surface area contributed by atoms with Gasteiger partial charge in [0.05, 0.1) is 16.6 Å². The van der Waals surface area contributed by atoms with Gasteiger partial charge in [0.25, 0.3) is 0 Å². The lowest BCUT2D eigenvalue weighted by Crippen LogP contribution is -2.30. The third kappa shape index (κ3) is 4.10. The maximum absolute atomic E-state index is 11.9. The molecule has 0 spiro atoms. The Morgan fingerprint density at radius 2 is 1.72 bits per heavy atom. The Bertz CT molecular complexity index is 458. The van der Waals surface area contributed by atoms with Gasteiger partial charge in [-0.3, -0.25) is 0 Å².